The molecule has 2 amide bonds. The van der Waals surface area contributed by atoms with Gasteiger partial charge >= 0.3 is 12.2 Å². The van der Waals surface area contributed by atoms with Crippen molar-refractivity contribution >= 4 is 11.7 Å². The number of amides is 2. The quantitative estimate of drug-likeness (QED) is 0.829. The number of aliphatic hydroxyl groups is 1. The number of carbonyl (C=O) groups excluding carboxylic acids is 1. The minimum atomic E-state index is -4.36. The maximum atomic E-state index is 13.1. The monoisotopic (exact) mass is 419 g/mol. The van der Waals surface area contributed by atoms with E-state index in [0.717, 1.165) is 48.5 Å². The van der Waals surface area contributed by atoms with Crippen LogP contribution in [0.25, 0.3) is 11.1 Å². The summed E-state index contributed by atoms with van der Waals surface area (Å²) in [7, 11) is 0. The molecule has 2 aromatic carbocycles. The number of halogens is 3. The highest BCUT2D eigenvalue weighted by Gasteiger charge is 2.31. The number of nitrogens with zero attached hydrogens (tertiary/aromatic N) is 3. The Morgan fingerprint density at radius 2 is 1.60 bits per heavy atom. The number of hydrogen-bond acceptors (Lipinski definition) is 3. The summed E-state index contributed by atoms with van der Waals surface area (Å²) >= 11 is 0. The molecule has 0 saturated carbocycles. The van der Waals surface area contributed by atoms with Gasteiger partial charge in [0, 0.05) is 45.0 Å². The fraction of sp³-hybridized carbons (Fsp3) is 0.409. The molecule has 0 aliphatic carbocycles. The third kappa shape index (κ3) is 4.15. The summed E-state index contributed by atoms with van der Waals surface area (Å²) in [6.07, 6.45) is -3.60. The molecule has 0 aromatic heterocycles. The Balaban J connectivity index is 1.51. The molecule has 8 heteroatoms. The standard InChI is InChI=1S/C22H24F3N3O2/c23-22(24,25)19-5-3-16(4-6-19)18-2-1-17-7-8-28(20(17)15-18)21(30)27-11-9-26(10-12-27)13-14-29/h1-6,15,29H,7-14H2. The van der Waals surface area contributed by atoms with Gasteiger partial charge < -0.3 is 10.0 Å². The van der Waals surface area contributed by atoms with E-state index in [1.54, 1.807) is 4.90 Å². The molecule has 4 rings (SSSR count). The molecule has 0 bridgehead atoms. The SMILES string of the molecule is O=C(N1CCN(CCO)CC1)N1CCc2ccc(-c3ccc(C(F)(F)F)cc3)cc21. The van der Waals surface area contributed by atoms with Crippen molar-refractivity contribution in [2.45, 2.75) is 12.6 Å². The number of alkyl halides is 3. The molecule has 1 saturated heterocycles. The van der Waals surface area contributed by atoms with E-state index >= 15 is 0 Å². The highest BCUT2D eigenvalue weighted by Crippen LogP contribution is 2.35. The normalized spacial score (nSPS) is 17.3. The minimum absolute atomic E-state index is 0.0398. The molecular formula is C22H24F3N3O2. The largest absolute Gasteiger partial charge is 0.416 e. The van der Waals surface area contributed by atoms with Crippen LogP contribution in [-0.4, -0.2) is 66.8 Å². The number of aliphatic hydroxyl groups excluding tert-OH is 1. The zero-order chi connectivity index (χ0) is 21.3. The van der Waals surface area contributed by atoms with Gasteiger partial charge in [-0.1, -0.05) is 24.3 Å². The van der Waals surface area contributed by atoms with Crippen LogP contribution in [0.5, 0.6) is 0 Å². The van der Waals surface area contributed by atoms with Crippen molar-refractivity contribution in [3.63, 3.8) is 0 Å². The van der Waals surface area contributed by atoms with E-state index < -0.39 is 11.7 Å². The van der Waals surface area contributed by atoms with Crippen LogP contribution >= 0.6 is 0 Å². The smallest absolute Gasteiger partial charge is 0.395 e. The molecule has 0 radical (unpaired) electrons. The summed E-state index contributed by atoms with van der Waals surface area (Å²) < 4.78 is 38.5. The Hall–Kier alpha value is -2.58. The zero-order valence-corrected chi connectivity index (χ0v) is 16.5. The highest BCUT2D eigenvalue weighted by atomic mass is 19.4. The predicted molar refractivity (Wildman–Crippen MR) is 108 cm³/mol. The van der Waals surface area contributed by atoms with Crippen LogP contribution in [0.3, 0.4) is 0 Å². The van der Waals surface area contributed by atoms with E-state index in [1.165, 1.54) is 12.1 Å². The molecule has 160 valence electrons. The Kier molecular flexibility index (Phi) is 5.71. The second-order valence-corrected chi connectivity index (χ2v) is 7.66. The summed E-state index contributed by atoms with van der Waals surface area (Å²) in [5, 5.41) is 9.06. The third-order valence-corrected chi connectivity index (χ3v) is 5.82. The van der Waals surface area contributed by atoms with Gasteiger partial charge in [0.15, 0.2) is 0 Å². The van der Waals surface area contributed by atoms with Crippen molar-refractivity contribution in [2.75, 3.05) is 50.8 Å². The second-order valence-electron chi connectivity index (χ2n) is 7.66. The van der Waals surface area contributed by atoms with Crippen LogP contribution in [0.1, 0.15) is 11.1 Å². The van der Waals surface area contributed by atoms with Gasteiger partial charge in [-0.25, -0.2) is 4.79 Å². The van der Waals surface area contributed by atoms with E-state index in [9.17, 15) is 18.0 Å². The van der Waals surface area contributed by atoms with Crippen LogP contribution in [0.4, 0.5) is 23.7 Å². The lowest BCUT2D eigenvalue weighted by Gasteiger charge is -2.36. The van der Waals surface area contributed by atoms with Crippen molar-refractivity contribution in [2.24, 2.45) is 0 Å². The van der Waals surface area contributed by atoms with Crippen molar-refractivity contribution in [3.8, 4) is 11.1 Å². The van der Waals surface area contributed by atoms with Crippen molar-refractivity contribution < 1.29 is 23.1 Å². The summed E-state index contributed by atoms with van der Waals surface area (Å²) in [5.74, 6) is 0. The lowest BCUT2D eigenvalue weighted by atomic mass is 10.0. The van der Waals surface area contributed by atoms with Gasteiger partial charge in [-0.2, -0.15) is 13.2 Å². The zero-order valence-electron chi connectivity index (χ0n) is 16.5. The average molecular weight is 419 g/mol. The lowest BCUT2D eigenvalue weighted by molar-refractivity contribution is -0.137. The predicted octanol–water partition coefficient (Wildman–Crippen LogP) is 3.46. The Morgan fingerprint density at radius 3 is 2.23 bits per heavy atom. The number of β-amino-alcohol motifs (C(OH)–C–C–N with tert-alkyl or cyclic N) is 1. The average Bonchev–Trinajstić information content (AvgIpc) is 3.17. The summed E-state index contributed by atoms with van der Waals surface area (Å²) in [6, 6.07) is 10.8. The molecule has 2 aliphatic heterocycles. The molecule has 2 aromatic rings. The first kappa shape index (κ1) is 20.7. The van der Waals surface area contributed by atoms with Crippen LogP contribution in [-0.2, 0) is 12.6 Å². The number of benzene rings is 2. The Labute approximate surface area is 173 Å². The maximum Gasteiger partial charge on any atom is 0.416 e. The summed E-state index contributed by atoms with van der Waals surface area (Å²) in [5.41, 5.74) is 2.69. The van der Waals surface area contributed by atoms with Crippen LogP contribution < -0.4 is 4.90 Å². The number of anilines is 1. The number of hydrogen-bond donors (Lipinski definition) is 1. The summed E-state index contributed by atoms with van der Waals surface area (Å²) in [4.78, 5) is 18.8. The summed E-state index contributed by atoms with van der Waals surface area (Å²) in [6.45, 7) is 4.02. The van der Waals surface area contributed by atoms with Crippen molar-refractivity contribution in [3.05, 3.63) is 53.6 Å². The van der Waals surface area contributed by atoms with Crippen molar-refractivity contribution in [1.82, 2.24) is 9.80 Å². The molecule has 2 aliphatic rings. The molecular weight excluding hydrogens is 395 g/mol. The number of piperazine rings is 1. The van der Waals surface area contributed by atoms with Gasteiger partial charge in [-0.15, -0.1) is 0 Å². The van der Waals surface area contributed by atoms with E-state index in [4.69, 9.17) is 5.11 Å². The van der Waals surface area contributed by atoms with E-state index in [-0.39, 0.29) is 12.6 Å². The second kappa shape index (κ2) is 8.28. The lowest BCUT2D eigenvalue weighted by Crippen LogP contribution is -2.53. The molecule has 1 N–H and O–H groups in total. The number of urea groups is 1. The van der Waals surface area contributed by atoms with Crippen LogP contribution in [0.2, 0.25) is 0 Å². The van der Waals surface area contributed by atoms with Gasteiger partial charge in [0.2, 0.25) is 0 Å². The number of carbonyl (C=O) groups is 1. The van der Waals surface area contributed by atoms with E-state index in [1.807, 2.05) is 23.1 Å². The Bertz CT molecular complexity index is 907. The third-order valence-electron chi connectivity index (χ3n) is 5.82. The van der Waals surface area contributed by atoms with Gasteiger partial charge in [0.05, 0.1) is 12.2 Å². The van der Waals surface area contributed by atoms with Crippen molar-refractivity contribution in [1.29, 1.82) is 0 Å². The van der Waals surface area contributed by atoms with Gasteiger partial charge in [-0.3, -0.25) is 9.80 Å². The number of fused-ring (bicyclic) bond motifs is 1. The maximum absolute atomic E-state index is 13.1. The molecule has 1 fully saturated rings. The van der Waals surface area contributed by atoms with Crippen LogP contribution in [0, 0.1) is 0 Å². The highest BCUT2D eigenvalue weighted by molar-refractivity contribution is 5.95. The van der Waals surface area contributed by atoms with Crippen LogP contribution in [0.15, 0.2) is 42.5 Å². The first-order valence-corrected chi connectivity index (χ1v) is 10.1. The fourth-order valence-electron chi connectivity index (χ4n) is 4.08. The Morgan fingerprint density at radius 1 is 0.933 bits per heavy atom. The minimum Gasteiger partial charge on any atom is -0.395 e. The molecule has 0 unspecified atom stereocenters. The van der Waals surface area contributed by atoms with Gasteiger partial charge in [0.1, 0.15) is 0 Å². The number of rotatable bonds is 3. The van der Waals surface area contributed by atoms with E-state index in [0.29, 0.717) is 31.7 Å². The van der Waals surface area contributed by atoms with Gasteiger partial charge in [0.25, 0.3) is 0 Å². The molecule has 30 heavy (non-hydrogen) atoms. The molecule has 5 nitrogen and oxygen atoms in total. The first-order chi connectivity index (χ1) is 14.4. The molecule has 0 spiro atoms. The first-order valence-electron chi connectivity index (χ1n) is 10.1. The molecule has 0 atom stereocenters. The fourth-order valence-corrected chi connectivity index (χ4v) is 4.08. The van der Waals surface area contributed by atoms with E-state index in [2.05, 4.69) is 4.90 Å². The topological polar surface area (TPSA) is 47.0 Å². The van der Waals surface area contributed by atoms with Gasteiger partial charge in [-0.05, 0) is 41.3 Å². The molecule has 2 heterocycles.